The molecule has 0 aliphatic rings. The Morgan fingerprint density at radius 1 is 1.20 bits per heavy atom. The maximum absolute atomic E-state index is 8.65. The van der Waals surface area contributed by atoms with Crippen LogP contribution in [0, 0.1) is 18.3 Å². The number of aromatic nitrogens is 1. The molecule has 0 aliphatic heterocycles. The lowest BCUT2D eigenvalue weighted by Gasteiger charge is -2.02. The van der Waals surface area contributed by atoms with Gasteiger partial charge in [0, 0.05) is 5.69 Å². The van der Waals surface area contributed by atoms with Gasteiger partial charge in [0.2, 0.25) is 0 Å². The van der Waals surface area contributed by atoms with Gasteiger partial charge in [0.1, 0.15) is 0 Å². The SMILES string of the molecule is Cc1ccc2nc(Nc3ccc(CC#N)cc3)sc2c1. The van der Waals surface area contributed by atoms with Crippen LogP contribution in [0.15, 0.2) is 42.5 Å². The Hall–Kier alpha value is -2.38. The summed E-state index contributed by atoms with van der Waals surface area (Å²) in [7, 11) is 0. The molecule has 0 saturated carbocycles. The summed E-state index contributed by atoms with van der Waals surface area (Å²) in [6.45, 7) is 2.08. The average Bonchev–Trinajstić information content (AvgIpc) is 2.82. The number of nitrogens with one attached hydrogen (secondary N) is 1. The second-order valence-corrected chi connectivity index (χ2v) is 5.68. The summed E-state index contributed by atoms with van der Waals surface area (Å²) in [5.74, 6) is 0. The van der Waals surface area contributed by atoms with E-state index in [1.807, 2.05) is 30.3 Å². The molecule has 1 aromatic heterocycles. The summed E-state index contributed by atoms with van der Waals surface area (Å²) in [4.78, 5) is 4.56. The molecule has 0 amide bonds. The lowest BCUT2D eigenvalue weighted by molar-refractivity contribution is 1.26. The Morgan fingerprint density at radius 2 is 2.00 bits per heavy atom. The lowest BCUT2D eigenvalue weighted by atomic mass is 10.1. The number of benzene rings is 2. The molecule has 0 unspecified atom stereocenters. The molecule has 0 fully saturated rings. The molecule has 0 aliphatic carbocycles. The van der Waals surface area contributed by atoms with Gasteiger partial charge in [-0.3, -0.25) is 0 Å². The van der Waals surface area contributed by atoms with Gasteiger partial charge in [-0.25, -0.2) is 4.98 Å². The highest BCUT2D eigenvalue weighted by atomic mass is 32.1. The second kappa shape index (κ2) is 5.32. The zero-order chi connectivity index (χ0) is 13.9. The molecule has 0 spiro atoms. The van der Waals surface area contributed by atoms with Crippen molar-refractivity contribution in [3.63, 3.8) is 0 Å². The normalized spacial score (nSPS) is 10.4. The van der Waals surface area contributed by atoms with Crippen LogP contribution in [0.4, 0.5) is 10.8 Å². The van der Waals surface area contributed by atoms with Crippen LogP contribution in [-0.2, 0) is 6.42 Å². The number of fused-ring (bicyclic) bond motifs is 1. The van der Waals surface area contributed by atoms with Gasteiger partial charge in [0.25, 0.3) is 0 Å². The molecule has 0 atom stereocenters. The number of nitrogens with zero attached hydrogens (tertiary/aromatic N) is 2. The Bertz CT molecular complexity index is 782. The molecule has 0 radical (unpaired) electrons. The standard InChI is InChI=1S/C16H13N3S/c1-11-2-7-14-15(10-11)20-16(19-14)18-13-5-3-12(4-6-13)8-9-17/h2-7,10H,8H2,1H3,(H,18,19). The van der Waals surface area contributed by atoms with E-state index in [1.54, 1.807) is 11.3 Å². The van der Waals surface area contributed by atoms with Crippen molar-refractivity contribution in [1.82, 2.24) is 4.98 Å². The van der Waals surface area contributed by atoms with Crippen molar-refractivity contribution in [3.8, 4) is 6.07 Å². The van der Waals surface area contributed by atoms with Gasteiger partial charge in [-0.05, 0) is 42.3 Å². The number of hydrogen-bond donors (Lipinski definition) is 1. The van der Waals surface area contributed by atoms with Crippen LogP contribution in [-0.4, -0.2) is 4.98 Å². The first-order valence-electron chi connectivity index (χ1n) is 6.35. The Balaban J connectivity index is 1.83. The molecule has 98 valence electrons. The molecule has 2 aromatic carbocycles. The van der Waals surface area contributed by atoms with Crippen LogP contribution < -0.4 is 5.32 Å². The number of thiazole rings is 1. The highest BCUT2D eigenvalue weighted by Gasteiger charge is 2.04. The number of hydrogen-bond acceptors (Lipinski definition) is 4. The molecule has 3 rings (SSSR count). The van der Waals surface area contributed by atoms with E-state index in [2.05, 4.69) is 35.4 Å². The predicted molar refractivity (Wildman–Crippen MR) is 83.4 cm³/mol. The minimum atomic E-state index is 0.445. The van der Waals surface area contributed by atoms with Crippen molar-refractivity contribution >= 4 is 32.4 Å². The van der Waals surface area contributed by atoms with E-state index in [9.17, 15) is 0 Å². The molecule has 3 nitrogen and oxygen atoms in total. The predicted octanol–water partition coefficient (Wildman–Crippen LogP) is 4.41. The van der Waals surface area contributed by atoms with E-state index in [1.165, 1.54) is 10.3 Å². The molecular formula is C16H13N3S. The van der Waals surface area contributed by atoms with Crippen LogP contribution in [0.2, 0.25) is 0 Å². The van der Waals surface area contributed by atoms with Crippen molar-refractivity contribution in [2.24, 2.45) is 0 Å². The van der Waals surface area contributed by atoms with Gasteiger partial charge >= 0.3 is 0 Å². The summed E-state index contributed by atoms with van der Waals surface area (Å²) >= 11 is 1.65. The molecule has 3 aromatic rings. The number of nitriles is 1. The molecular weight excluding hydrogens is 266 g/mol. The molecule has 0 bridgehead atoms. The lowest BCUT2D eigenvalue weighted by Crippen LogP contribution is -1.89. The van der Waals surface area contributed by atoms with E-state index >= 15 is 0 Å². The minimum Gasteiger partial charge on any atom is -0.332 e. The molecule has 20 heavy (non-hydrogen) atoms. The maximum Gasteiger partial charge on any atom is 0.188 e. The van der Waals surface area contributed by atoms with Crippen LogP contribution in [0.5, 0.6) is 0 Å². The fourth-order valence-electron chi connectivity index (χ4n) is 2.01. The number of anilines is 2. The maximum atomic E-state index is 8.65. The quantitative estimate of drug-likeness (QED) is 0.772. The minimum absolute atomic E-state index is 0.445. The molecule has 1 N–H and O–H groups in total. The molecule has 0 saturated heterocycles. The van der Waals surface area contributed by atoms with E-state index in [-0.39, 0.29) is 0 Å². The highest BCUT2D eigenvalue weighted by molar-refractivity contribution is 7.22. The van der Waals surface area contributed by atoms with Gasteiger partial charge in [0.05, 0.1) is 22.7 Å². The third kappa shape index (κ3) is 2.63. The van der Waals surface area contributed by atoms with Crippen molar-refractivity contribution in [2.75, 3.05) is 5.32 Å². The first-order chi connectivity index (χ1) is 9.74. The fraction of sp³-hybridized carbons (Fsp3) is 0.125. The zero-order valence-corrected chi connectivity index (χ0v) is 11.9. The van der Waals surface area contributed by atoms with Gasteiger partial charge < -0.3 is 5.32 Å². The van der Waals surface area contributed by atoms with E-state index < -0.39 is 0 Å². The van der Waals surface area contributed by atoms with Gasteiger partial charge in [-0.2, -0.15) is 5.26 Å². The number of aryl methyl sites for hydroxylation is 1. The first-order valence-corrected chi connectivity index (χ1v) is 7.16. The summed E-state index contributed by atoms with van der Waals surface area (Å²) in [6, 6.07) is 16.3. The average molecular weight is 279 g/mol. The zero-order valence-electron chi connectivity index (χ0n) is 11.1. The topological polar surface area (TPSA) is 48.7 Å². The van der Waals surface area contributed by atoms with E-state index in [0.29, 0.717) is 6.42 Å². The highest BCUT2D eigenvalue weighted by Crippen LogP contribution is 2.28. The Kier molecular flexibility index (Phi) is 3.36. The second-order valence-electron chi connectivity index (χ2n) is 4.65. The Labute approximate surface area is 121 Å². The van der Waals surface area contributed by atoms with Crippen molar-refractivity contribution < 1.29 is 0 Å². The number of rotatable bonds is 3. The summed E-state index contributed by atoms with van der Waals surface area (Å²) in [5.41, 5.74) is 4.28. The van der Waals surface area contributed by atoms with Crippen molar-refractivity contribution in [3.05, 3.63) is 53.6 Å². The monoisotopic (exact) mass is 279 g/mol. The molecule has 4 heteroatoms. The van der Waals surface area contributed by atoms with Gasteiger partial charge in [-0.15, -0.1) is 0 Å². The third-order valence-corrected chi connectivity index (χ3v) is 3.97. The van der Waals surface area contributed by atoms with Gasteiger partial charge in [-0.1, -0.05) is 29.5 Å². The smallest absolute Gasteiger partial charge is 0.188 e. The van der Waals surface area contributed by atoms with Gasteiger partial charge in [0.15, 0.2) is 5.13 Å². The fourth-order valence-corrected chi connectivity index (χ4v) is 2.99. The van der Waals surface area contributed by atoms with E-state index in [4.69, 9.17) is 5.26 Å². The van der Waals surface area contributed by atoms with Crippen LogP contribution in [0.25, 0.3) is 10.2 Å². The van der Waals surface area contributed by atoms with Crippen molar-refractivity contribution in [1.29, 1.82) is 5.26 Å². The molecule has 1 heterocycles. The van der Waals surface area contributed by atoms with Crippen LogP contribution in [0.1, 0.15) is 11.1 Å². The van der Waals surface area contributed by atoms with Crippen molar-refractivity contribution in [2.45, 2.75) is 13.3 Å². The third-order valence-electron chi connectivity index (χ3n) is 3.03. The summed E-state index contributed by atoms with van der Waals surface area (Å²) in [6.07, 6.45) is 0.445. The van der Waals surface area contributed by atoms with Crippen LogP contribution >= 0.6 is 11.3 Å². The Morgan fingerprint density at radius 3 is 2.75 bits per heavy atom. The van der Waals surface area contributed by atoms with Crippen LogP contribution in [0.3, 0.4) is 0 Å². The summed E-state index contributed by atoms with van der Waals surface area (Å²) in [5, 5.41) is 12.8. The first kappa shape index (κ1) is 12.6. The summed E-state index contributed by atoms with van der Waals surface area (Å²) < 4.78 is 1.19. The van der Waals surface area contributed by atoms with E-state index in [0.717, 1.165) is 21.9 Å². The largest absolute Gasteiger partial charge is 0.332 e.